The first-order chi connectivity index (χ1) is 13.6. The molecule has 1 atom stereocenters. The minimum atomic E-state index is -0.500. The van der Waals surface area contributed by atoms with Gasteiger partial charge in [-0.1, -0.05) is 42.5 Å². The fraction of sp³-hybridized carbons (Fsp3) is 0.130. The van der Waals surface area contributed by atoms with E-state index in [1.54, 1.807) is 0 Å². The second-order valence-electron chi connectivity index (χ2n) is 7.04. The summed E-state index contributed by atoms with van der Waals surface area (Å²) >= 11 is 0. The molecule has 0 spiro atoms. The van der Waals surface area contributed by atoms with E-state index in [-0.39, 0.29) is 5.78 Å². The first-order valence-corrected chi connectivity index (χ1v) is 9.12. The molecule has 2 N–H and O–H groups in total. The third kappa shape index (κ3) is 2.13. The molecule has 1 aromatic heterocycles. The molecule has 0 amide bonds. The highest BCUT2D eigenvalue weighted by Crippen LogP contribution is 2.48. The Kier molecular flexibility index (Phi) is 3.52. The zero-order valence-electron chi connectivity index (χ0n) is 15.5. The molecule has 0 unspecified atom stereocenters. The Labute approximate surface area is 161 Å². The lowest BCUT2D eigenvalue weighted by Crippen LogP contribution is -2.28. The summed E-state index contributed by atoms with van der Waals surface area (Å²) in [5.74, 6) is -0.988. The van der Waals surface area contributed by atoms with E-state index >= 15 is 0 Å². The molecule has 2 aromatic carbocycles. The summed E-state index contributed by atoms with van der Waals surface area (Å²) in [6, 6.07) is 15.4. The van der Waals surface area contributed by atoms with Crippen molar-refractivity contribution in [1.82, 2.24) is 10.3 Å². The number of carbonyl (C=O) groups excluding carboxylic acids is 2. The Morgan fingerprint density at radius 2 is 1.75 bits per heavy atom. The highest BCUT2D eigenvalue weighted by atomic mass is 16.5. The lowest BCUT2D eigenvalue weighted by Gasteiger charge is -2.28. The fourth-order valence-electron chi connectivity index (χ4n) is 4.35. The molecule has 0 radical (unpaired) electrons. The van der Waals surface area contributed by atoms with E-state index in [1.165, 1.54) is 7.11 Å². The normalized spacial score (nSPS) is 18.2. The van der Waals surface area contributed by atoms with Gasteiger partial charge in [0.1, 0.15) is 0 Å². The smallest absolute Gasteiger partial charge is 0.336 e. The Balaban J connectivity index is 1.80. The molecule has 5 nitrogen and oxygen atoms in total. The molecule has 138 valence electrons. The van der Waals surface area contributed by atoms with Gasteiger partial charge in [0.05, 0.1) is 24.3 Å². The van der Waals surface area contributed by atoms with Crippen LogP contribution in [0.25, 0.3) is 16.6 Å². The van der Waals surface area contributed by atoms with Crippen molar-refractivity contribution in [2.45, 2.75) is 12.8 Å². The van der Waals surface area contributed by atoms with Gasteiger partial charge in [0.25, 0.3) is 0 Å². The van der Waals surface area contributed by atoms with E-state index in [4.69, 9.17) is 4.74 Å². The van der Waals surface area contributed by atoms with Gasteiger partial charge in [-0.15, -0.1) is 0 Å². The standard InChI is InChI=1S/C23H18N2O3/c1-12-18(23(27)28-2)19(16-11-24-17-10-6-5-7-13(16)17)20-21(25-12)14-8-3-4-9-15(14)22(20)26/h3-11,19,24-25H,1-2H3/t19-/m1/s1. The van der Waals surface area contributed by atoms with Gasteiger partial charge in [-0.2, -0.15) is 0 Å². The number of nitrogens with one attached hydrogen (secondary N) is 2. The monoisotopic (exact) mass is 370 g/mol. The van der Waals surface area contributed by atoms with Gasteiger partial charge in [-0.25, -0.2) is 4.79 Å². The number of carbonyl (C=O) groups is 2. The number of ether oxygens (including phenoxy) is 1. The van der Waals surface area contributed by atoms with Gasteiger partial charge < -0.3 is 15.0 Å². The van der Waals surface area contributed by atoms with Crippen LogP contribution in [-0.2, 0) is 9.53 Å². The summed E-state index contributed by atoms with van der Waals surface area (Å²) in [7, 11) is 1.37. The number of para-hydroxylation sites is 1. The van der Waals surface area contributed by atoms with E-state index in [1.807, 2.05) is 61.7 Å². The number of rotatable bonds is 2. The van der Waals surface area contributed by atoms with Gasteiger partial charge >= 0.3 is 5.97 Å². The molecule has 1 aliphatic heterocycles. The van der Waals surface area contributed by atoms with Crippen LogP contribution in [0.4, 0.5) is 0 Å². The van der Waals surface area contributed by atoms with Crippen molar-refractivity contribution in [3.63, 3.8) is 0 Å². The number of H-pyrrole nitrogens is 1. The van der Waals surface area contributed by atoms with E-state index in [0.29, 0.717) is 22.4 Å². The van der Waals surface area contributed by atoms with Crippen molar-refractivity contribution in [1.29, 1.82) is 0 Å². The Hall–Kier alpha value is -3.60. The summed E-state index contributed by atoms with van der Waals surface area (Å²) < 4.78 is 5.08. The summed E-state index contributed by atoms with van der Waals surface area (Å²) in [5.41, 5.74) is 5.92. The number of esters is 1. The minimum Gasteiger partial charge on any atom is -0.466 e. The highest BCUT2D eigenvalue weighted by Gasteiger charge is 2.43. The maximum atomic E-state index is 13.4. The number of hydrogen-bond donors (Lipinski definition) is 2. The van der Waals surface area contributed by atoms with E-state index in [0.717, 1.165) is 27.7 Å². The second-order valence-corrected chi connectivity index (χ2v) is 7.04. The number of Topliss-reactive ketones (excluding diaryl/α,β-unsaturated/α-hetero) is 1. The van der Waals surface area contributed by atoms with Crippen molar-refractivity contribution in [2.24, 2.45) is 0 Å². The SMILES string of the molecule is COC(=O)C1=C(C)NC2=C(C(=O)c3ccccc32)[C@@H]1c1c[nH]c2ccccc12. The first kappa shape index (κ1) is 16.6. The quantitative estimate of drug-likeness (QED) is 0.671. The topological polar surface area (TPSA) is 71.2 Å². The van der Waals surface area contributed by atoms with Crippen LogP contribution < -0.4 is 5.32 Å². The zero-order chi connectivity index (χ0) is 19.4. The van der Waals surface area contributed by atoms with Gasteiger partial charge in [-0.05, 0) is 18.6 Å². The maximum Gasteiger partial charge on any atom is 0.336 e. The summed E-state index contributed by atoms with van der Waals surface area (Å²) in [6.07, 6.45) is 1.89. The van der Waals surface area contributed by atoms with Crippen LogP contribution in [0.3, 0.4) is 0 Å². The predicted molar refractivity (Wildman–Crippen MR) is 107 cm³/mol. The largest absolute Gasteiger partial charge is 0.466 e. The number of allylic oxidation sites excluding steroid dienone is 2. The number of fused-ring (bicyclic) bond motifs is 3. The van der Waals surface area contributed by atoms with Gasteiger partial charge in [-0.3, -0.25) is 4.79 Å². The second kappa shape index (κ2) is 5.96. The van der Waals surface area contributed by atoms with Crippen molar-refractivity contribution in [3.05, 3.63) is 88.3 Å². The van der Waals surface area contributed by atoms with Crippen LogP contribution in [0.2, 0.25) is 0 Å². The molecule has 0 bridgehead atoms. The number of aromatic amines is 1. The molecule has 0 saturated heterocycles. The number of benzene rings is 2. The fourth-order valence-corrected chi connectivity index (χ4v) is 4.35. The molecule has 28 heavy (non-hydrogen) atoms. The van der Waals surface area contributed by atoms with E-state index in [2.05, 4.69) is 10.3 Å². The lowest BCUT2D eigenvalue weighted by molar-refractivity contribution is -0.136. The van der Waals surface area contributed by atoms with E-state index in [9.17, 15) is 9.59 Å². The Bertz CT molecular complexity index is 1230. The van der Waals surface area contributed by atoms with Crippen molar-refractivity contribution < 1.29 is 14.3 Å². The summed E-state index contributed by atoms with van der Waals surface area (Å²) in [6.45, 7) is 1.85. The molecule has 5 rings (SSSR count). The minimum absolute atomic E-state index is 0.0534. The average Bonchev–Trinajstić information content (AvgIpc) is 3.27. The molecule has 0 fully saturated rings. The molecule has 3 aromatic rings. The average molecular weight is 370 g/mol. The van der Waals surface area contributed by atoms with Crippen molar-refractivity contribution in [2.75, 3.05) is 7.11 Å². The highest BCUT2D eigenvalue weighted by molar-refractivity contribution is 6.23. The van der Waals surface area contributed by atoms with Crippen molar-refractivity contribution >= 4 is 28.4 Å². The molecular formula is C23H18N2O3. The van der Waals surface area contributed by atoms with Crippen LogP contribution >= 0.6 is 0 Å². The van der Waals surface area contributed by atoms with Gasteiger partial charge in [0.15, 0.2) is 5.78 Å². The zero-order valence-corrected chi connectivity index (χ0v) is 15.5. The molecule has 0 saturated carbocycles. The number of aromatic nitrogens is 1. The van der Waals surface area contributed by atoms with Crippen LogP contribution in [0.15, 0.2) is 71.6 Å². The number of dihydropyridines is 1. The molecule has 2 aliphatic rings. The van der Waals surface area contributed by atoms with Crippen LogP contribution in [0.5, 0.6) is 0 Å². The predicted octanol–water partition coefficient (Wildman–Crippen LogP) is 3.91. The molecule has 1 aliphatic carbocycles. The number of ketones is 1. The third-order valence-electron chi connectivity index (χ3n) is 5.59. The van der Waals surface area contributed by atoms with Crippen LogP contribution in [0, 0.1) is 0 Å². The van der Waals surface area contributed by atoms with Gasteiger partial charge in [0, 0.05) is 39.5 Å². The number of methoxy groups -OCH3 is 1. The Morgan fingerprint density at radius 3 is 2.54 bits per heavy atom. The molecule has 5 heteroatoms. The number of hydrogen-bond acceptors (Lipinski definition) is 4. The van der Waals surface area contributed by atoms with Crippen molar-refractivity contribution in [3.8, 4) is 0 Å². The molecule has 2 heterocycles. The maximum absolute atomic E-state index is 13.4. The summed E-state index contributed by atoms with van der Waals surface area (Å²) in [4.78, 5) is 29.3. The Morgan fingerprint density at radius 1 is 1.04 bits per heavy atom. The van der Waals surface area contributed by atoms with Gasteiger partial charge in [0.2, 0.25) is 0 Å². The van der Waals surface area contributed by atoms with E-state index < -0.39 is 11.9 Å². The first-order valence-electron chi connectivity index (χ1n) is 9.12. The van der Waals surface area contributed by atoms with Crippen LogP contribution in [-0.4, -0.2) is 23.8 Å². The van der Waals surface area contributed by atoms with Crippen LogP contribution in [0.1, 0.15) is 34.3 Å². The third-order valence-corrected chi connectivity index (χ3v) is 5.59. The summed E-state index contributed by atoms with van der Waals surface area (Å²) in [5, 5.41) is 4.28. The lowest BCUT2D eigenvalue weighted by atomic mass is 9.79. The molecular weight excluding hydrogens is 352 g/mol.